The summed E-state index contributed by atoms with van der Waals surface area (Å²) in [5.74, 6) is -0.142. The van der Waals surface area contributed by atoms with Gasteiger partial charge in [-0.15, -0.1) is 0 Å². The lowest BCUT2D eigenvalue weighted by atomic mass is 10.1. The van der Waals surface area contributed by atoms with E-state index in [1.54, 1.807) is 12.1 Å². The topological polar surface area (TPSA) is 33.1 Å². The van der Waals surface area contributed by atoms with Gasteiger partial charge in [-0.1, -0.05) is 12.1 Å². The Bertz CT molecular complexity index is 286. The molecular formula is C9H10FNO. The molecule has 0 bridgehead atoms. The molecule has 0 atom stereocenters. The number of hydrogen-bond acceptors (Lipinski definition) is 2. The molecule has 12 heavy (non-hydrogen) atoms. The van der Waals surface area contributed by atoms with Gasteiger partial charge in [-0.2, -0.15) is 0 Å². The van der Waals surface area contributed by atoms with Crippen LogP contribution in [0.1, 0.15) is 5.56 Å². The number of methoxy groups -OCH3 is 1. The Kier molecular flexibility index (Phi) is 2.80. The van der Waals surface area contributed by atoms with E-state index < -0.39 is 0 Å². The largest absolute Gasteiger partial charge is 0.484 e. The van der Waals surface area contributed by atoms with Crippen molar-refractivity contribution in [3.63, 3.8) is 0 Å². The Morgan fingerprint density at radius 3 is 2.92 bits per heavy atom. The van der Waals surface area contributed by atoms with Crippen LogP contribution in [0.15, 0.2) is 24.3 Å². The van der Waals surface area contributed by atoms with Crippen LogP contribution in [0.5, 0.6) is 0 Å². The van der Waals surface area contributed by atoms with Crippen molar-refractivity contribution in [1.29, 1.82) is 5.41 Å². The zero-order valence-electron chi connectivity index (χ0n) is 6.80. The van der Waals surface area contributed by atoms with Crippen molar-refractivity contribution in [1.82, 2.24) is 0 Å². The van der Waals surface area contributed by atoms with Crippen molar-refractivity contribution in [2.75, 3.05) is 7.11 Å². The van der Waals surface area contributed by atoms with Crippen LogP contribution in [0.25, 0.3) is 0 Å². The molecule has 0 heterocycles. The van der Waals surface area contributed by atoms with Gasteiger partial charge in [0.05, 0.1) is 7.11 Å². The number of ether oxygens (including phenoxy) is 1. The molecular weight excluding hydrogens is 157 g/mol. The second-order valence-electron chi connectivity index (χ2n) is 2.43. The second-order valence-corrected chi connectivity index (χ2v) is 2.43. The highest BCUT2D eigenvalue weighted by Gasteiger charge is 1.99. The van der Waals surface area contributed by atoms with Gasteiger partial charge in [0.25, 0.3) is 0 Å². The van der Waals surface area contributed by atoms with Gasteiger partial charge in [-0.3, -0.25) is 5.41 Å². The Balaban J connectivity index is 2.69. The van der Waals surface area contributed by atoms with Gasteiger partial charge in [0.2, 0.25) is 0 Å². The van der Waals surface area contributed by atoms with Crippen LogP contribution in [0.3, 0.4) is 0 Å². The van der Waals surface area contributed by atoms with Crippen LogP contribution in [-0.4, -0.2) is 13.0 Å². The summed E-state index contributed by atoms with van der Waals surface area (Å²) in [5.41, 5.74) is 0.752. The van der Waals surface area contributed by atoms with Crippen molar-refractivity contribution in [2.24, 2.45) is 0 Å². The van der Waals surface area contributed by atoms with Gasteiger partial charge in [0, 0.05) is 6.42 Å². The number of hydrogen-bond donors (Lipinski definition) is 1. The molecule has 0 aliphatic carbocycles. The van der Waals surface area contributed by atoms with Crippen molar-refractivity contribution in [3.8, 4) is 0 Å². The summed E-state index contributed by atoms with van der Waals surface area (Å²) in [4.78, 5) is 0. The van der Waals surface area contributed by atoms with Crippen LogP contribution < -0.4 is 0 Å². The summed E-state index contributed by atoms with van der Waals surface area (Å²) in [6.45, 7) is 0. The first-order valence-electron chi connectivity index (χ1n) is 3.58. The smallest absolute Gasteiger partial charge is 0.184 e. The fraction of sp³-hybridized carbons (Fsp3) is 0.222. The van der Waals surface area contributed by atoms with Crippen LogP contribution in [-0.2, 0) is 11.2 Å². The van der Waals surface area contributed by atoms with E-state index in [0.29, 0.717) is 6.42 Å². The Morgan fingerprint density at radius 2 is 2.33 bits per heavy atom. The molecule has 1 rings (SSSR count). The molecule has 0 aliphatic rings. The average molecular weight is 167 g/mol. The predicted octanol–water partition coefficient (Wildman–Crippen LogP) is 1.99. The van der Waals surface area contributed by atoms with E-state index in [2.05, 4.69) is 4.74 Å². The number of benzene rings is 1. The van der Waals surface area contributed by atoms with Gasteiger partial charge in [0.1, 0.15) is 5.82 Å². The summed E-state index contributed by atoms with van der Waals surface area (Å²) in [6, 6.07) is 6.15. The fourth-order valence-electron chi connectivity index (χ4n) is 0.904. The summed E-state index contributed by atoms with van der Waals surface area (Å²) in [6.07, 6.45) is 0.342. The Morgan fingerprint density at radius 1 is 1.58 bits per heavy atom. The van der Waals surface area contributed by atoms with E-state index in [-0.39, 0.29) is 11.7 Å². The minimum atomic E-state index is -0.281. The first-order chi connectivity index (χ1) is 5.72. The van der Waals surface area contributed by atoms with Gasteiger partial charge in [-0.05, 0) is 17.7 Å². The van der Waals surface area contributed by atoms with E-state index >= 15 is 0 Å². The SMILES string of the molecule is COC(=N)Cc1cccc(F)c1. The minimum Gasteiger partial charge on any atom is -0.484 e. The zero-order chi connectivity index (χ0) is 8.97. The minimum absolute atomic E-state index is 0.139. The van der Waals surface area contributed by atoms with E-state index in [4.69, 9.17) is 5.41 Å². The number of rotatable bonds is 2. The third kappa shape index (κ3) is 2.34. The van der Waals surface area contributed by atoms with Crippen LogP contribution in [0.2, 0.25) is 0 Å². The molecule has 1 aromatic carbocycles. The maximum absolute atomic E-state index is 12.6. The highest BCUT2D eigenvalue weighted by atomic mass is 19.1. The maximum Gasteiger partial charge on any atom is 0.184 e. The van der Waals surface area contributed by atoms with E-state index in [0.717, 1.165) is 5.56 Å². The molecule has 0 saturated carbocycles. The lowest BCUT2D eigenvalue weighted by Gasteiger charge is -2.01. The molecule has 0 spiro atoms. The number of nitrogens with one attached hydrogen (secondary N) is 1. The van der Waals surface area contributed by atoms with Gasteiger partial charge in [-0.25, -0.2) is 4.39 Å². The molecule has 0 saturated heterocycles. The Hall–Kier alpha value is -1.38. The Labute approximate surface area is 70.5 Å². The van der Waals surface area contributed by atoms with Gasteiger partial charge >= 0.3 is 0 Å². The van der Waals surface area contributed by atoms with Crippen LogP contribution in [0.4, 0.5) is 4.39 Å². The molecule has 2 nitrogen and oxygen atoms in total. The summed E-state index contributed by atoms with van der Waals surface area (Å²) < 4.78 is 17.3. The monoisotopic (exact) mass is 167 g/mol. The molecule has 1 N–H and O–H groups in total. The van der Waals surface area contributed by atoms with Crippen molar-refractivity contribution >= 4 is 5.90 Å². The predicted molar refractivity (Wildman–Crippen MR) is 44.8 cm³/mol. The quantitative estimate of drug-likeness (QED) is 0.530. The molecule has 0 amide bonds. The van der Waals surface area contributed by atoms with Crippen molar-refractivity contribution in [3.05, 3.63) is 35.6 Å². The third-order valence-corrected chi connectivity index (χ3v) is 1.50. The standard InChI is InChI=1S/C9H10FNO/c1-12-9(11)6-7-3-2-4-8(10)5-7/h2-5,11H,6H2,1H3. The molecule has 0 aromatic heterocycles. The lowest BCUT2D eigenvalue weighted by molar-refractivity contribution is 0.390. The first-order valence-corrected chi connectivity index (χ1v) is 3.58. The van der Waals surface area contributed by atoms with E-state index in [1.165, 1.54) is 19.2 Å². The number of halogens is 1. The molecule has 0 aliphatic heterocycles. The molecule has 0 unspecified atom stereocenters. The zero-order valence-corrected chi connectivity index (χ0v) is 6.80. The summed E-state index contributed by atoms with van der Waals surface area (Å²) in [7, 11) is 1.43. The maximum atomic E-state index is 12.6. The average Bonchev–Trinajstić information content (AvgIpc) is 2.04. The van der Waals surface area contributed by atoms with Crippen molar-refractivity contribution < 1.29 is 9.13 Å². The van der Waals surface area contributed by atoms with Crippen LogP contribution >= 0.6 is 0 Å². The van der Waals surface area contributed by atoms with Crippen LogP contribution in [0, 0.1) is 11.2 Å². The third-order valence-electron chi connectivity index (χ3n) is 1.50. The molecule has 64 valence electrons. The highest BCUT2D eigenvalue weighted by molar-refractivity contribution is 5.75. The molecule has 3 heteroatoms. The molecule has 0 fully saturated rings. The van der Waals surface area contributed by atoms with Gasteiger partial charge < -0.3 is 4.74 Å². The lowest BCUT2D eigenvalue weighted by Crippen LogP contribution is -2.03. The molecule has 1 aromatic rings. The van der Waals surface area contributed by atoms with E-state index in [1.807, 2.05) is 0 Å². The highest BCUT2D eigenvalue weighted by Crippen LogP contribution is 2.04. The first kappa shape index (κ1) is 8.71. The second kappa shape index (κ2) is 3.85. The molecule has 0 radical (unpaired) electrons. The summed E-state index contributed by atoms with van der Waals surface area (Å²) in [5, 5.41) is 7.20. The summed E-state index contributed by atoms with van der Waals surface area (Å²) >= 11 is 0. The van der Waals surface area contributed by atoms with Gasteiger partial charge in [0.15, 0.2) is 5.90 Å². The van der Waals surface area contributed by atoms with Crippen molar-refractivity contribution in [2.45, 2.75) is 6.42 Å². The van der Waals surface area contributed by atoms with E-state index in [9.17, 15) is 4.39 Å². The fourth-order valence-corrected chi connectivity index (χ4v) is 0.904. The normalized spacial score (nSPS) is 9.50.